The zero-order chi connectivity index (χ0) is 20.1. The van der Waals surface area contributed by atoms with E-state index in [0.29, 0.717) is 23.2 Å². The second-order valence-electron chi connectivity index (χ2n) is 6.40. The van der Waals surface area contributed by atoms with Gasteiger partial charge in [0.2, 0.25) is 0 Å². The number of aromatic hydroxyl groups is 1. The summed E-state index contributed by atoms with van der Waals surface area (Å²) in [5.41, 5.74) is 2.55. The maximum absolute atomic E-state index is 12.6. The molecule has 0 unspecified atom stereocenters. The van der Waals surface area contributed by atoms with E-state index in [1.54, 1.807) is 12.1 Å². The standard InChI is InChI=1S/C21H22N2O5/c1-27-18-11-14(8-9-17(18)24)15(12-19(25)28-2)20-16(22-23-21(20)26)10-13-6-4-3-5-7-13/h3-9,11,15,24H,10,12H2,1-2H3,(H2,22,23,26)/t15-/m1/s1. The third kappa shape index (κ3) is 4.09. The first-order chi connectivity index (χ1) is 13.5. The minimum absolute atomic E-state index is 0.0180. The Morgan fingerprint density at radius 3 is 2.54 bits per heavy atom. The number of aromatic amines is 2. The lowest BCUT2D eigenvalue weighted by atomic mass is 9.87. The predicted octanol–water partition coefficient (Wildman–Crippen LogP) is 2.70. The summed E-state index contributed by atoms with van der Waals surface area (Å²) in [6.45, 7) is 0. The monoisotopic (exact) mass is 382 g/mol. The van der Waals surface area contributed by atoms with Crippen molar-refractivity contribution in [1.82, 2.24) is 10.2 Å². The van der Waals surface area contributed by atoms with Crippen molar-refractivity contribution >= 4 is 5.97 Å². The molecular weight excluding hydrogens is 360 g/mol. The Morgan fingerprint density at radius 2 is 1.86 bits per heavy atom. The molecular formula is C21H22N2O5. The van der Waals surface area contributed by atoms with Crippen LogP contribution in [0.5, 0.6) is 11.5 Å². The molecule has 2 aromatic carbocycles. The number of H-pyrrole nitrogens is 2. The molecule has 0 spiro atoms. The van der Waals surface area contributed by atoms with E-state index >= 15 is 0 Å². The first-order valence-electron chi connectivity index (χ1n) is 8.80. The summed E-state index contributed by atoms with van der Waals surface area (Å²) in [4.78, 5) is 24.7. The topological polar surface area (TPSA) is 104 Å². The number of phenols is 1. The second kappa shape index (κ2) is 8.47. The number of phenolic OH excluding ortho intramolecular Hbond substituents is 1. The van der Waals surface area contributed by atoms with E-state index in [1.807, 2.05) is 30.3 Å². The fourth-order valence-electron chi connectivity index (χ4n) is 3.26. The molecule has 7 nitrogen and oxygen atoms in total. The van der Waals surface area contributed by atoms with Crippen molar-refractivity contribution in [2.45, 2.75) is 18.8 Å². The molecule has 3 aromatic rings. The van der Waals surface area contributed by atoms with Crippen LogP contribution < -0.4 is 10.3 Å². The predicted molar refractivity (Wildman–Crippen MR) is 104 cm³/mol. The SMILES string of the molecule is COC(=O)C[C@H](c1ccc(O)c(OC)c1)c1c(Cc2ccccc2)[nH][nH]c1=O. The summed E-state index contributed by atoms with van der Waals surface area (Å²) in [6.07, 6.45) is 0.481. The molecule has 0 aliphatic carbocycles. The van der Waals surface area contributed by atoms with Crippen LogP contribution in [0, 0.1) is 0 Å². The summed E-state index contributed by atoms with van der Waals surface area (Å²) in [5.74, 6) is -0.751. The van der Waals surface area contributed by atoms with E-state index < -0.39 is 11.9 Å². The molecule has 3 N–H and O–H groups in total. The van der Waals surface area contributed by atoms with Crippen LogP contribution in [0.25, 0.3) is 0 Å². The molecule has 146 valence electrons. The number of aromatic nitrogens is 2. The Labute approximate surface area is 161 Å². The van der Waals surface area contributed by atoms with Crippen molar-refractivity contribution in [1.29, 1.82) is 0 Å². The van der Waals surface area contributed by atoms with Gasteiger partial charge in [-0.15, -0.1) is 0 Å². The molecule has 1 heterocycles. The highest BCUT2D eigenvalue weighted by atomic mass is 16.5. The van der Waals surface area contributed by atoms with Crippen LogP contribution in [0.1, 0.15) is 34.7 Å². The van der Waals surface area contributed by atoms with Crippen molar-refractivity contribution in [3.05, 3.63) is 81.3 Å². The Kier molecular flexibility index (Phi) is 5.84. The molecule has 7 heteroatoms. The minimum Gasteiger partial charge on any atom is -0.504 e. The van der Waals surface area contributed by atoms with E-state index in [4.69, 9.17) is 9.47 Å². The van der Waals surface area contributed by atoms with Crippen LogP contribution in [0.2, 0.25) is 0 Å². The van der Waals surface area contributed by atoms with Gasteiger partial charge in [-0.05, 0) is 23.3 Å². The number of benzene rings is 2. The second-order valence-corrected chi connectivity index (χ2v) is 6.40. The van der Waals surface area contributed by atoms with Crippen LogP contribution in [0.3, 0.4) is 0 Å². The fraction of sp³-hybridized carbons (Fsp3) is 0.238. The Balaban J connectivity index is 2.07. The number of nitrogens with one attached hydrogen (secondary N) is 2. The molecule has 28 heavy (non-hydrogen) atoms. The van der Waals surface area contributed by atoms with Gasteiger partial charge in [-0.1, -0.05) is 36.4 Å². The third-order valence-corrected chi connectivity index (χ3v) is 4.67. The highest BCUT2D eigenvalue weighted by Gasteiger charge is 2.26. The molecule has 0 bridgehead atoms. The van der Waals surface area contributed by atoms with Gasteiger partial charge in [0, 0.05) is 23.6 Å². The maximum Gasteiger partial charge on any atom is 0.306 e. The summed E-state index contributed by atoms with van der Waals surface area (Å²) < 4.78 is 10.0. The maximum atomic E-state index is 12.6. The average Bonchev–Trinajstić information content (AvgIpc) is 3.07. The summed E-state index contributed by atoms with van der Waals surface area (Å²) in [6, 6.07) is 14.5. The van der Waals surface area contributed by atoms with Gasteiger partial charge in [-0.25, -0.2) is 0 Å². The number of methoxy groups -OCH3 is 2. The molecule has 0 fully saturated rings. The van der Waals surface area contributed by atoms with Crippen LogP contribution in [-0.4, -0.2) is 35.5 Å². The molecule has 0 saturated heterocycles. The smallest absolute Gasteiger partial charge is 0.306 e. The van der Waals surface area contributed by atoms with E-state index in [0.717, 1.165) is 5.56 Å². The number of ether oxygens (including phenoxy) is 2. The Bertz CT molecular complexity index is 1010. The largest absolute Gasteiger partial charge is 0.504 e. The van der Waals surface area contributed by atoms with E-state index in [2.05, 4.69) is 10.2 Å². The molecule has 3 rings (SSSR count). The molecule has 1 aromatic heterocycles. The van der Waals surface area contributed by atoms with Crippen LogP contribution in [-0.2, 0) is 16.0 Å². The summed E-state index contributed by atoms with van der Waals surface area (Å²) in [5, 5.41) is 15.4. The van der Waals surface area contributed by atoms with E-state index in [9.17, 15) is 14.7 Å². The molecule has 0 radical (unpaired) electrons. The molecule has 1 atom stereocenters. The van der Waals surface area contributed by atoms with Gasteiger partial charge < -0.3 is 19.7 Å². The number of hydrogen-bond acceptors (Lipinski definition) is 5. The average molecular weight is 382 g/mol. The third-order valence-electron chi connectivity index (χ3n) is 4.67. The van der Waals surface area contributed by atoms with Crippen molar-refractivity contribution in [2.24, 2.45) is 0 Å². The minimum atomic E-state index is -0.560. The molecule has 0 saturated carbocycles. The van der Waals surface area contributed by atoms with Gasteiger partial charge >= 0.3 is 5.97 Å². The quantitative estimate of drug-likeness (QED) is 0.545. The number of rotatable bonds is 7. The van der Waals surface area contributed by atoms with Crippen molar-refractivity contribution in [2.75, 3.05) is 14.2 Å². The van der Waals surface area contributed by atoms with Gasteiger partial charge in [0.25, 0.3) is 5.56 Å². The lowest BCUT2D eigenvalue weighted by Crippen LogP contribution is -2.18. The van der Waals surface area contributed by atoms with Gasteiger partial charge in [-0.3, -0.25) is 14.7 Å². The van der Waals surface area contributed by atoms with Crippen LogP contribution in [0.4, 0.5) is 0 Å². The van der Waals surface area contributed by atoms with Gasteiger partial charge in [-0.2, -0.15) is 0 Å². The number of carbonyl (C=O) groups is 1. The van der Waals surface area contributed by atoms with E-state index in [1.165, 1.54) is 20.3 Å². The summed E-state index contributed by atoms with van der Waals surface area (Å²) >= 11 is 0. The number of hydrogen-bond donors (Lipinski definition) is 3. The zero-order valence-corrected chi connectivity index (χ0v) is 15.7. The lowest BCUT2D eigenvalue weighted by Gasteiger charge is -2.17. The molecule has 0 aliphatic rings. The van der Waals surface area contributed by atoms with Crippen LogP contribution >= 0.6 is 0 Å². The molecule has 0 aliphatic heterocycles. The first kappa shape index (κ1) is 19.3. The van der Waals surface area contributed by atoms with Crippen molar-refractivity contribution in [3.8, 4) is 11.5 Å². The Morgan fingerprint density at radius 1 is 1.11 bits per heavy atom. The fourth-order valence-corrected chi connectivity index (χ4v) is 3.26. The zero-order valence-electron chi connectivity index (χ0n) is 15.7. The number of esters is 1. The summed E-state index contributed by atoms with van der Waals surface area (Å²) in [7, 11) is 2.75. The molecule has 0 amide bonds. The first-order valence-corrected chi connectivity index (χ1v) is 8.80. The van der Waals surface area contributed by atoms with Crippen molar-refractivity contribution < 1.29 is 19.4 Å². The van der Waals surface area contributed by atoms with E-state index in [-0.39, 0.29) is 23.5 Å². The van der Waals surface area contributed by atoms with Crippen LogP contribution in [0.15, 0.2) is 53.3 Å². The highest BCUT2D eigenvalue weighted by molar-refractivity contribution is 5.71. The lowest BCUT2D eigenvalue weighted by molar-refractivity contribution is -0.140. The normalized spacial score (nSPS) is 11.8. The Hall–Kier alpha value is -3.48. The number of carbonyl (C=O) groups excluding carboxylic acids is 1. The highest BCUT2D eigenvalue weighted by Crippen LogP contribution is 2.34. The van der Waals surface area contributed by atoms with Gasteiger partial charge in [0.15, 0.2) is 11.5 Å². The van der Waals surface area contributed by atoms with Gasteiger partial charge in [0.1, 0.15) is 0 Å². The van der Waals surface area contributed by atoms with Crippen molar-refractivity contribution in [3.63, 3.8) is 0 Å². The van der Waals surface area contributed by atoms with Gasteiger partial charge in [0.05, 0.1) is 20.6 Å².